The number of thiophene rings is 1. The Bertz CT molecular complexity index is 1090. The summed E-state index contributed by atoms with van der Waals surface area (Å²) in [6, 6.07) is 10.3. The molecule has 1 aliphatic rings. The number of anilines is 2. The van der Waals surface area contributed by atoms with Gasteiger partial charge in [-0.25, -0.2) is 9.97 Å². The Labute approximate surface area is 150 Å². The molecular weight excluding hydrogens is 328 g/mol. The minimum atomic E-state index is 0.727. The first-order chi connectivity index (χ1) is 12.3. The Hall–Kier alpha value is -2.53. The lowest BCUT2D eigenvalue weighted by Gasteiger charge is -2.18. The van der Waals surface area contributed by atoms with Crippen LogP contribution in [0.1, 0.15) is 23.8 Å². The molecule has 0 amide bonds. The highest BCUT2D eigenvalue weighted by Gasteiger charge is 2.23. The van der Waals surface area contributed by atoms with Crippen LogP contribution < -0.4 is 5.32 Å². The van der Waals surface area contributed by atoms with Crippen molar-refractivity contribution in [2.75, 3.05) is 5.32 Å². The average molecular weight is 346 g/mol. The topological polar surface area (TPSA) is 50.7 Å². The maximum absolute atomic E-state index is 4.56. The molecule has 25 heavy (non-hydrogen) atoms. The van der Waals surface area contributed by atoms with Gasteiger partial charge in [0.25, 0.3) is 0 Å². The van der Waals surface area contributed by atoms with E-state index >= 15 is 0 Å². The van der Waals surface area contributed by atoms with Crippen molar-refractivity contribution in [2.45, 2.75) is 26.2 Å². The summed E-state index contributed by atoms with van der Waals surface area (Å²) in [6.07, 6.45) is 7.05. The molecule has 0 spiro atoms. The summed E-state index contributed by atoms with van der Waals surface area (Å²) in [4.78, 5) is 16.0. The molecular formula is C20H18N4S. The zero-order chi connectivity index (χ0) is 16.8. The van der Waals surface area contributed by atoms with Gasteiger partial charge in [0.2, 0.25) is 0 Å². The molecule has 4 aromatic rings. The third-order valence-corrected chi connectivity index (χ3v) is 6.15. The molecule has 1 unspecified atom stereocenters. The van der Waals surface area contributed by atoms with Crippen LogP contribution in [0, 0.1) is 5.92 Å². The van der Waals surface area contributed by atoms with Gasteiger partial charge in [0.05, 0.1) is 10.9 Å². The smallest absolute Gasteiger partial charge is 0.142 e. The fraction of sp³-hybridized carbons (Fsp3) is 0.250. The number of rotatable bonds is 2. The van der Waals surface area contributed by atoms with Crippen LogP contribution in [0.15, 0.2) is 42.9 Å². The Balaban J connectivity index is 1.61. The summed E-state index contributed by atoms with van der Waals surface area (Å²) in [5.74, 6) is 1.64. The molecule has 0 fully saturated rings. The molecule has 124 valence electrons. The van der Waals surface area contributed by atoms with Crippen LogP contribution in [0.5, 0.6) is 0 Å². The summed E-state index contributed by atoms with van der Waals surface area (Å²) in [7, 11) is 0. The van der Waals surface area contributed by atoms with Crippen LogP contribution in [-0.2, 0) is 12.8 Å². The second kappa shape index (κ2) is 5.77. The van der Waals surface area contributed by atoms with E-state index in [1.165, 1.54) is 28.7 Å². The van der Waals surface area contributed by atoms with E-state index in [1.807, 2.05) is 29.7 Å². The Kier molecular flexibility index (Phi) is 3.41. The van der Waals surface area contributed by atoms with E-state index in [9.17, 15) is 0 Å². The number of benzene rings is 1. The Morgan fingerprint density at radius 1 is 1.16 bits per heavy atom. The van der Waals surface area contributed by atoms with E-state index < -0.39 is 0 Å². The van der Waals surface area contributed by atoms with Crippen LogP contribution in [0.4, 0.5) is 11.5 Å². The molecule has 0 radical (unpaired) electrons. The highest BCUT2D eigenvalue weighted by atomic mass is 32.1. The number of fused-ring (bicyclic) bond motifs is 4. The largest absolute Gasteiger partial charge is 0.340 e. The first-order valence-corrected chi connectivity index (χ1v) is 9.46. The normalized spacial score (nSPS) is 16.9. The van der Waals surface area contributed by atoms with Gasteiger partial charge in [-0.1, -0.05) is 13.0 Å². The van der Waals surface area contributed by atoms with Gasteiger partial charge in [0.1, 0.15) is 17.0 Å². The van der Waals surface area contributed by atoms with Crippen molar-refractivity contribution in [1.29, 1.82) is 0 Å². The average Bonchev–Trinajstić information content (AvgIpc) is 3.00. The third kappa shape index (κ3) is 2.55. The van der Waals surface area contributed by atoms with E-state index in [-0.39, 0.29) is 0 Å². The minimum Gasteiger partial charge on any atom is -0.340 e. The first kappa shape index (κ1) is 14.8. The second-order valence-electron chi connectivity index (χ2n) is 6.79. The molecule has 0 bridgehead atoms. The van der Waals surface area contributed by atoms with Crippen LogP contribution in [0.3, 0.4) is 0 Å². The van der Waals surface area contributed by atoms with E-state index in [1.54, 1.807) is 6.33 Å². The van der Waals surface area contributed by atoms with Crippen molar-refractivity contribution < 1.29 is 0 Å². The van der Waals surface area contributed by atoms with Crippen molar-refractivity contribution in [2.24, 2.45) is 5.92 Å². The number of hydrogen-bond acceptors (Lipinski definition) is 5. The van der Waals surface area contributed by atoms with Crippen molar-refractivity contribution in [3.05, 3.63) is 53.3 Å². The molecule has 3 heterocycles. The van der Waals surface area contributed by atoms with E-state index in [4.69, 9.17) is 0 Å². The monoisotopic (exact) mass is 346 g/mol. The zero-order valence-electron chi connectivity index (χ0n) is 14.0. The summed E-state index contributed by atoms with van der Waals surface area (Å²) in [6.45, 7) is 2.33. The van der Waals surface area contributed by atoms with Crippen molar-refractivity contribution in [1.82, 2.24) is 15.0 Å². The fourth-order valence-corrected chi connectivity index (χ4v) is 4.85. The van der Waals surface area contributed by atoms with Gasteiger partial charge in [-0.15, -0.1) is 11.3 Å². The van der Waals surface area contributed by atoms with E-state index in [0.717, 1.165) is 39.6 Å². The number of aryl methyl sites for hydroxylation is 1. The fourth-order valence-electron chi connectivity index (χ4n) is 3.67. The van der Waals surface area contributed by atoms with Gasteiger partial charge < -0.3 is 5.32 Å². The molecule has 1 aromatic carbocycles. The summed E-state index contributed by atoms with van der Waals surface area (Å²) in [5, 5.41) is 5.85. The number of pyridine rings is 1. The lowest BCUT2D eigenvalue weighted by atomic mass is 9.88. The quantitative estimate of drug-likeness (QED) is 0.548. The number of hydrogen-bond donors (Lipinski definition) is 1. The molecule has 5 rings (SSSR count). The molecule has 4 nitrogen and oxygen atoms in total. The lowest BCUT2D eigenvalue weighted by Crippen LogP contribution is -2.09. The van der Waals surface area contributed by atoms with Gasteiger partial charge >= 0.3 is 0 Å². The summed E-state index contributed by atoms with van der Waals surface area (Å²) >= 11 is 1.83. The number of aromatic nitrogens is 3. The molecule has 1 atom stereocenters. The highest BCUT2D eigenvalue weighted by Crippen LogP contribution is 2.40. The predicted molar refractivity (Wildman–Crippen MR) is 104 cm³/mol. The third-order valence-electron chi connectivity index (χ3n) is 4.95. The standard InChI is InChI=1S/C20H18N4S/c1-12-4-7-17-15(9-12)18-19(22-11-23-20(18)25-17)24-14-5-6-16-13(10-14)3-2-8-21-16/h2-3,5-6,8,10-12H,4,7,9H2,1H3,(H,22,23,24). The summed E-state index contributed by atoms with van der Waals surface area (Å²) < 4.78 is 0. The minimum absolute atomic E-state index is 0.727. The maximum atomic E-state index is 4.56. The van der Waals surface area contributed by atoms with Crippen LogP contribution in [0.2, 0.25) is 0 Å². The van der Waals surface area contributed by atoms with Crippen molar-refractivity contribution in [3.63, 3.8) is 0 Å². The van der Waals surface area contributed by atoms with Gasteiger partial charge in [-0.2, -0.15) is 0 Å². The van der Waals surface area contributed by atoms with Gasteiger partial charge in [0.15, 0.2) is 0 Å². The maximum Gasteiger partial charge on any atom is 0.142 e. The van der Waals surface area contributed by atoms with Gasteiger partial charge in [0, 0.05) is 22.1 Å². The highest BCUT2D eigenvalue weighted by molar-refractivity contribution is 7.19. The van der Waals surface area contributed by atoms with Crippen molar-refractivity contribution in [3.8, 4) is 0 Å². The van der Waals surface area contributed by atoms with Crippen LogP contribution >= 0.6 is 11.3 Å². The molecule has 1 aliphatic carbocycles. The molecule has 1 N–H and O–H groups in total. The van der Waals surface area contributed by atoms with Crippen LogP contribution in [0.25, 0.3) is 21.1 Å². The van der Waals surface area contributed by atoms with Crippen LogP contribution in [-0.4, -0.2) is 15.0 Å². The van der Waals surface area contributed by atoms with Gasteiger partial charge in [-0.05, 0) is 55.0 Å². The van der Waals surface area contributed by atoms with Gasteiger partial charge in [-0.3, -0.25) is 4.98 Å². The van der Waals surface area contributed by atoms with E-state index in [2.05, 4.69) is 45.4 Å². The molecule has 0 saturated carbocycles. The zero-order valence-corrected chi connectivity index (χ0v) is 14.8. The number of nitrogens with zero attached hydrogens (tertiary/aromatic N) is 3. The SMILES string of the molecule is CC1CCc2sc3ncnc(Nc4ccc5ncccc5c4)c3c2C1. The first-order valence-electron chi connectivity index (χ1n) is 8.65. The molecule has 0 aliphatic heterocycles. The van der Waals surface area contributed by atoms with E-state index in [0.29, 0.717) is 0 Å². The molecule has 3 aromatic heterocycles. The molecule has 5 heteroatoms. The Morgan fingerprint density at radius 3 is 3.08 bits per heavy atom. The summed E-state index contributed by atoms with van der Waals surface area (Å²) in [5.41, 5.74) is 3.48. The Morgan fingerprint density at radius 2 is 2.12 bits per heavy atom. The lowest BCUT2D eigenvalue weighted by molar-refractivity contribution is 0.508. The predicted octanol–water partition coefficient (Wildman–Crippen LogP) is 5.11. The second-order valence-corrected chi connectivity index (χ2v) is 7.87. The number of nitrogens with one attached hydrogen (secondary N) is 1. The van der Waals surface area contributed by atoms with Crippen molar-refractivity contribution >= 4 is 44.0 Å². The molecule has 0 saturated heterocycles.